The van der Waals surface area contributed by atoms with Crippen molar-refractivity contribution in [2.24, 2.45) is 0 Å². The van der Waals surface area contributed by atoms with Crippen LogP contribution in [0.25, 0.3) is 5.65 Å². The number of hydrogen-bond acceptors (Lipinski definition) is 5. The van der Waals surface area contributed by atoms with E-state index in [1.165, 1.54) is 17.7 Å². The number of aromatic hydroxyl groups is 1. The first kappa shape index (κ1) is 19.1. The largest absolute Gasteiger partial charge is 0.504 e. The third kappa shape index (κ3) is 3.06. The Kier molecular flexibility index (Phi) is 4.74. The second-order valence-corrected chi connectivity index (χ2v) is 8.37. The zero-order chi connectivity index (χ0) is 20.8. The number of phenols is 1. The van der Waals surface area contributed by atoms with Crippen LogP contribution in [0.2, 0.25) is 0 Å². The second-order valence-electron chi connectivity index (χ2n) is 8.37. The Morgan fingerprint density at radius 2 is 2.17 bits per heavy atom. The summed E-state index contributed by atoms with van der Waals surface area (Å²) in [5, 5.41) is 15.2. The molecule has 2 aliphatic heterocycles. The monoisotopic (exact) mass is 404 g/mol. The number of benzene rings is 1. The minimum Gasteiger partial charge on any atom is -0.504 e. The van der Waals surface area contributed by atoms with Crippen molar-refractivity contribution in [3.05, 3.63) is 65.1 Å². The van der Waals surface area contributed by atoms with E-state index in [2.05, 4.69) is 33.8 Å². The molecular weight excluding hydrogens is 376 g/mol. The molecule has 6 nitrogen and oxygen atoms in total. The number of ether oxygens (including phenoxy) is 1. The summed E-state index contributed by atoms with van der Waals surface area (Å²) < 4.78 is 7.75. The Bertz CT molecular complexity index is 1120. The van der Waals surface area contributed by atoms with Gasteiger partial charge in [-0.25, -0.2) is 9.50 Å². The van der Waals surface area contributed by atoms with Gasteiger partial charge < -0.3 is 9.84 Å². The molecule has 156 valence electrons. The number of aryl methyl sites for hydroxylation is 1. The first-order valence-electron chi connectivity index (χ1n) is 10.8. The highest BCUT2D eigenvalue weighted by Gasteiger charge is 2.41. The summed E-state index contributed by atoms with van der Waals surface area (Å²) in [5.41, 5.74) is 6.59. The fourth-order valence-electron chi connectivity index (χ4n) is 5.15. The molecule has 3 aromatic rings. The lowest BCUT2D eigenvalue weighted by Crippen LogP contribution is -2.38. The molecule has 0 radical (unpaired) electrons. The molecule has 2 aromatic heterocycles. The van der Waals surface area contributed by atoms with Gasteiger partial charge in [0.2, 0.25) is 0 Å². The first-order valence-corrected chi connectivity index (χ1v) is 10.8. The minimum atomic E-state index is 0.230. The van der Waals surface area contributed by atoms with Crippen molar-refractivity contribution in [2.45, 2.75) is 58.2 Å². The summed E-state index contributed by atoms with van der Waals surface area (Å²) in [6.45, 7) is 9.14. The predicted octanol–water partition coefficient (Wildman–Crippen LogP) is 4.13. The smallest absolute Gasteiger partial charge is 0.161 e. The van der Waals surface area contributed by atoms with Crippen molar-refractivity contribution in [1.82, 2.24) is 19.5 Å². The Morgan fingerprint density at radius 1 is 1.30 bits per heavy atom. The normalized spacial score (nSPS) is 20.5. The molecule has 5 rings (SSSR count). The van der Waals surface area contributed by atoms with E-state index < -0.39 is 0 Å². The van der Waals surface area contributed by atoms with Crippen molar-refractivity contribution in [3.63, 3.8) is 0 Å². The van der Waals surface area contributed by atoms with Crippen molar-refractivity contribution in [1.29, 1.82) is 0 Å². The average molecular weight is 405 g/mol. The number of aromatic nitrogens is 3. The molecule has 0 unspecified atom stereocenters. The van der Waals surface area contributed by atoms with Gasteiger partial charge in [0.1, 0.15) is 0 Å². The molecule has 0 aliphatic carbocycles. The summed E-state index contributed by atoms with van der Waals surface area (Å²) in [7, 11) is 0. The topological polar surface area (TPSA) is 62.9 Å². The SMILES string of the molecule is C=CCc1cc(CN2[C@H]3CC[C@@H]2c2cnc4cc(C)nn4c2C3)cc(OCC)c1O. The summed E-state index contributed by atoms with van der Waals surface area (Å²) in [6, 6.07) is 6.96. The van der Waals surface area contributed by atoms with Crippen LogP contribution in [-0.4, -0.2) is 37.3 Å². The Balaban J connectivity index is 1.49. The first-order chi connectivity index (χ1) is 14.6. The molecule has 1 fully saturated rings. The zero-order valence-electron chi connectivity index (χ0n) is 17.6. The predicted molar refractivity (Wildman–Crippen MR) is 116 cm³/mol. The highest BCUT2D eigenvalue weighted by atomic mass is 16.5. The number of phenolic OH excluding ortho intramolecular Hbond substituents is 1. The number of rotatable bonds is 6. The van der Waals surface area contributed by atoms with Crippen LogP contribution in [0.3, 0.4) is 0 Å². The average Bonchev–Trinajstić information content (AvgIpc) is 3.23. The lowest BCUT2D eigenvalue weighted by Gasteiger charge is -2.36. The molecule has 4 heterocycles. The van der Waals surface area contributed by atoms with Gasteiger partial charge >= 0.3 is 0 Å². The Morgan fingerprint density at radius 3 is 2.97 bits per heavy atom. The highest BCUT2D eigenvalue weighted by molar-refractivity contribution is 5.49. The van der Waals surface area contributed by atoms with Crippen LogP contribution >= 0.6 is 0 Å². The maximum atomic E-state index is 10.5. The zero-order valence-corrected chi connectivity index (χ0v) is 17.6. The molecule has 6 heteroatoms. The van der Waals surface area contributed by atoms with Gasteiger partial charge in [0.25, 0.3) is 0 Å². The lowest BCUT2D eigenvalue weighted by atomic mass is 9.97. The highest BCUT2D eigenvalue weighted by Crippen LogP contribution is 2.45. The molecular formula is C24H28N4O2. The van der Waals surface area contributed by atoms with Crippen LogP contribution in [-0.2, 0) is 19.4 Å². The molecule has 2 bridgehead atoms. The molecule has 2 aliphatic rings. The van der Waals surface area contributed by atoms with Crippen molar-refractivity contribution < 1.29 is 9.84 Å². The third-order valence-electron chi connectivity index (χ3n) is 6.41. The summed E-state index contributed by atoms with van der Waals surface area (Å²) >= 11 is 0. The fourth-order valence-corrected chi connectivity index (χ4v) is 5.15. The molecule has 0 saturated carbocycles. The Labute approximate surface area is 176 Å². The molecule has 1 aromatic carbocycles. The van der Waals surface area contributed by atoms with E-state index >= 15 is 0 Å². The van der Waals surface area contributed by atoms with Crippen LogP contribution in [0.15, 0.2) is 37.1 Å². The van der Waals surface area contributed by atoms with Gasteiger partial charge in [-0.1, -0.05) is 12.1 Å². The molecule has 1 N–H and O–H groups in total. The molecule has 0 spiro atoms. The van der Waals surface area contributed by atoms with Crippen LogP contribution in [0, 0.1) is 6.92 Å². The maximum Gasteiger partial charge on any atom is 0.161 e. The molecule has 0 amide bonds. The van der Waals surface area contributed by atoms with Crippen molar-refractivity contribution in [2.75, 3.05) is 6.61 Å². The number of nitrogens with zero attached hydrogens (tertiary/aromatic N) is 4. The molecule has 30 heavy (non-hydrogen) atoms. The fraction of sp³-hybridized carbons (Fsp3) is 0.417. The van der Waals surface area contributed by atoms with Crippen LogP contribution < -0.4 is 4.74 Å². The maximum absolute atomic E-state index is 10.5. The van der Waals surface area contributed by atoms with Gasteiger partial charge in [0, 0.05) is 48.4 Å². The van der Waals surface area contributed by atoms with Crippen molar-refractivity contribution in [3.8, 4) is 11.5 Å². The quantitative estimate of drug-likeness (QED) is 0.626. The molecule has 2 atom stereocenters. The van der Waals surface area contributed by atoms with E-state index in [1.807, 2.05) is 36.6 Å². The third-order valence-corrected chi connectivity index (χ3v) is 6.41. The van der Waals surface area contributed by atoms with Crippen LogP contribution in [0.4, 0.5) is 0 Å². The van der Waals surface area contributed by atoms with Gasteiger partial charge in [-0.15, -0.1) is 6.58 Å². The number of allylic oxidation sites excluding steroid dienone is 1. The van der Waals surface area contributed by atoms with E-state index in [1.54, 1.807) is 0 Å². The van der Waals surface area contributed by atoms with Crippen LogP contribution in [0.5, 0.6) is 11.5 Å². The van der Waals surface area contributed by atoms with Gasteiger partial charge in [-0.2, -0.15) is 5.10 Å². The van der Waals surface area contributed by atoms with Gasteiger partial charge in [0.05, 0.1) is 18.0 Å². The van der Waals surface area contributed by atoms with E-state index in [0.29, 0.717) is 30.9 Å². The van der Waals surface area contributed by atoms with E-state index in [4.69, 9.17) is 4.74 Å². The lowest BCUT2D eigenvalue weighted by molar-refractivity contribution is 0.165. The number of hydrogen-bond donors (Lipinski definition) is 1. The van der Waals surface area contributed by atoms with Gasteiger partial charge in [-0.3, -0.25) is 4.90 Å². The van der Waals surface area contributed by atoms with E-state index in [0.717, 1.165) is 41.9 Å². The van der Waals surface area contributed by atoms with E-state index in [-0.39, 0.29) is 5.75 Å². The second kappa shape index (κ2) is 7.43. The van der Waals surface area contributed by atoms with Crippen molar-refractivity contribution >= 4 is 5.65 Å². The van der Waals surface area contributed by atoms with Gasteiger partial charge in [-0.05, 0) is 44.7 Å². The minimum absolute atomic E-state index is 0.230. The summed E-state index contributed by atoms with van der Waals surface area (Å²) in [5.74, 6) is 0.792. The Hall–Kier alpha value is -2.86. The van der Waals surface area contributed by atoms with Gasteiger partial charge in [0.15, 0.2) is 17.1 Å². The summed E-state index contributed by atoms with van der Waals surface area (Å²) in [6.07, 6.45) is 7.80. The van der Waals surface area contributed by atoms with E-state index in [9.17, 15) is 5.11 Å². The standard InChI is InChI=1S/C24H28N4O2/c1-4-6-17-10-16(11-22(24(17)29)30-5-2)14-27-18-7-8-20(27)19-13-25-23-9-15(3)26-28(23)21(19)12-18/h4,9-11,13,18,20,29H,1,5-8,12,14H2,2-3H3/t18-,20+/m0/s1. The number of fused-ring (bicyclic) bond motifs is 6. The van der Waals surface area contributed by atoms with Crippen LogP contribution in [0.1, 0.15) is 53.9 Å². The molecule has 1 saturated heterocycles. The summed E-state index contributed by atoms with van der Waals surface area (Å²) in [4.78, 5) is 7.26.